The number of carbonyl (C=O) groups is 3. The summed E-state index contributed by atoms with van der Waals surface area (Å²) in [4.78, 5) is 43.2. The van der Waals surface area contributed by atoms with Gasteiger partial charge in [-0.05, 0) is 75.8 Å². The Kier molecular flexibility index (Phi) is 9.38. The Morgan fingerprint density at radius 1 is 0.927 bits per heavy atom. The smallest absolute Gasteiger partial charge is 0.408 e. The molecule has 0 spiro atoms. The minimum absolute atomic E-state index is 0.149. The highest BCUT2D eigenvalue weighted by atomic mass is 35.5. The second-order valence-electron chi connectivity index (χ2n) is 11.5. The third-order valence-corrected chi connectivity index (χ3v) is 7.26. The van der Waals surface area contributed by atoms with E-state index in [0.29, 0.717) is 16.3 Å². The first-order chi connectivity index (χ1) is 19.4. The zero-order valence-corrected chi connectivity index (χ0v) is 25.0. The molecular weight excluding hydrogens is 538 g/mol. The molecule has 3 aromatic rings. The van der Waals surface area contributed by atoms with Crippen LogP contribution in [0.5, 0.6) is 0 Å². The van der Waals surface area contributed by atoms with Crippen LogP contribution in [-0.2, 0) is 20.7 Å². The van der Waals surface area contributed by atoms with Crippen molar-refractivity contribution >= 4 is 35.2 Å². The Bertz CT molecular complexity index is 1380. The van der Waals surface area contributed by atoms with Crippen LogP contribution in [0.15, 0.2) is 72.8 Å². The second-order valence-corrected chi connectivity index (χ2v) is 12.0. The van der Waals surface area contributed by atoms with Crippen molar-refractivity contribution in [3.05, 3.63) is 100 Å². The van der Waals surface area contributed by atoms with Crippen LogP contribution in [0.3, 0.4) is 0 Å². The lowest BCUT2D eigenvalue weighted by atomic mass is 9.96. The molecule has 41 heavy (non-hydrogen) atoms. The molecule has 0 aromatic heterocycles. The van der Waals surface area contributed by atoms with Gasteiger partial charge in [0, 0.05) is 12.5 Å². The van der Waals surface area contributed by atoms with Gasteiger partial charge in [-0.15, -0.1) is 0 Å². The summed E-state index contributed by atoms with van der Waals surface area (Å²) in [6, 6.07) is 20.4. The number of ether oxygens (including phenoxy) is 1. The van der Waals surface area contributed by atoms with Crippen LogP contribution in [0.25, 0.3) is 0 Å². The molecule has 2 atom stereocenters. The molecule has 2 N–H and O–H groups in total. The molecule has 8 heteroatoms. The number of anilines is 1. The van der Waals surface area contributed by atoms with Crippen LogP contribution in [0.4, 0.5) is 10.5 Å². The number of carbonyl (C=O) groups excluding carboxylic acids is 3. The van der Waals surface area contributed by atoms with Crippen molar-refractivity contribution in [2.24, 2.45) is 0 Å². The lowest BCUT2D eigenvalue weighted by molar-refractivity contribution is -0.141. The molecule has 0 bridgehead atoms. The fourth-order valence-corrected chi connectivity index (χ4v) is 5.11. The van der Waals surface area contributed by atoms with Crippen molar-refractivity contribution in [1.29, 1.82) is 0 Å². The number of amides is 3. The summed E-state index contributed by atoms with van der Waals surface area (Å²) in [6.45, 7) is 9.10. The van der Waals surface area contributed by atoms with Gasteiger partial charge in [-0.3, -0.25) is 9.59 Å². The molecule has 1 saturated carbocycles. The summed E-state index contributed by atoms with van der Waals surface area (Å²) in [7, 11) is 0. The SMILES string of the molecule is Cc1ccccc1C(C(=O)Nc1c(C)cccc1Cl)N(C(=O)C(Cc1ccccc1)NC(=O)OC(C)(C)C)C1CC1. The highest BCUT2D eigenvalue weighted by Crippen LogP contribution is 2.38. The molecule has 0 radical (unpaired) electrons. The van der Waals surface area contributed by atoms with E-state index < -0.39 is 23.8 Å². The first-order valence-corrected chi connectivity index (χ1v) is 14.3. The number of nitrogens with zero attached hydrogens (tertiary/aromatic N) is 1. The molecule has 3 aromatic carbocycles. The number of halogens is 1. The molecule has 7 nitrogen and oxygen atoms in total. The van der Waals surface area contributed by atoms with Crippen molar-refractivity contribution in [2.75, 3.05) is 5.32 Å². The van der Waals surface area contributed by atoms with Gasteiger partial charge < -0.3 is 20.3 Å². The van der Waals surface area contributed by atoms with Gasteiger partial charge in [0.15, 0.2) is 0 Å². The Labute approximate surface area is 247 Å². The van der Waals surface area contributed by atoms with Gasteiger partial charge in [-0.2, -0.15) is 0 Å². The van der Waals surface area contributed by atoms with Gasteiger partial charge in [0.1, 0.15) is 17.7 Å². The van der Waals surface area contributed by atoms with Crippen molar-refractivity contribution in [3.8, 4) is 0 Å². The van der Waals surface area contributed by atoms with E-state index in [-0.39, 0.29) is 24.3 Å². The number of hydrogen-bond acceptors (Lipinski definition) is 4. The highest BCUT2D eigenvalue weighted by Gasteiger charge is 2.44. The van der Waals surface area contributed by atoms with Gasteiger partial charge in [-0.25, -0.2) is 4.79 Å². The van der Waals surface area contributed by atoms with Crippen LogP contribution in [0.2, 0.25) is 5.02 Å². The van der Waals surface area contributed by atoms with E-state index in [4.69, 9.17) is 16.3 Å². The van der Waals surface area contributed by atoms with E-state index in [2.05, 4.69) is 10.6 Å². The van der Waals surface area contributed by atoms with E-state index in [0.717, 1.165) is 29.5 Å². The van der Waals surface area contributed by atoms with E-state index in [9.17, 15) is 14.4 Å². The standard InChI is InChI=1S/C33H38ClN3O4/c1-21-12-9-10-16-25(21)29(30(38)36-28-22(2)13-11-17-26(28)34)37(24-18-19-24)31(39)27(20-23-14-7-6-8-15-23)35-32(40)41-33(3,4)5/h6-17,24,27,29H,18-20H2,1-5H3,(H,35,40)(H,36,38). The Hall–Kier alpha value is -3.84. The summed E-state index contributed by atoms with van der Waals surface area (Å²) >= 11 is 6.47. The number of nitrogens with one attached hydrogen (secondary N) is 2. The maximum absolute atomic E-state index is 14.5. The van der Waals surface area contributed by atoms with E-state index >= 15 is 0 Å². The van der Waals surface area contributed by atoms with Gasteiger partial charge in [0.25, 0.3) is 5.91 Å². The monoisotopic (exact) mass is 575 g/mol. The number of aryl methyl sites for hydroxylation is 2. The summed E-state index contributed by atoms with van der Waals surface area (Å²) in [5.74, 6) is -0.715. The molecule has 1 fully saturated rings. The van der Waals surface area contributed by atoms with E-state index in [1.807, 2.05) is 80.6 Å². The van der Waals surface area contributed by atoms with E-state index in [1.165, 1.54) is 0 Å². The van der Waals surface area contributed by atoms with Crippen molar-refractivity contribution in [2.45, 2.75) is 77.6 Å². The molecule has 216 valence electrons. The van der Waals surface area contributed by atoms with Crippen LogP contribution < -0.4 is 10.6 Å². The molecule has 1 aliphatic carbocycles. The molecule has 0 heterocycles. The zero-order chi connectivity index (χ0) is 29.7. The third-order valence-electron chi connectivity index (χ3n) is 6.95. The second kappa shape index (κ2) is 12.8. The average molecular weight is 576 g/mol. The predicted molar refractivity (Wildman–Crippen MR) is 162 cm³/mol. The Morgan fingerprint density at radius 2 is 1.56 bits per heavy atom. The summed E-state index contributed by atoms with van der Waals surface area (Å²) in [5, 5.41) is 6.23. The Balaban J connectivity index is 1.75. The first kappa shape index (κ1) is 30.1. The maximum Gasteiger partial charge on any atom is 0.408 e. The minimum atomic E-state index is -0.950. The Morgan fingerprint density at radius 3 is 2.17 bits per heavy atom. The summed E-state index contributed by atoms with van der Waals surface area (Å²) in [5.41, 5.74) is 3.05. The number of hydrogen-bond donors (Lipinski definition) is 2. The van der Waals surface area contributed by atoms with Crippen LogP contribution in [0, 0.1) is 13.8 Å². The fourth-order valence-electron chi connectivity index (χ4n) is 4.84. The van der Waals surface area contributed by atoms with Crippen LogP contribution in [0.1, 0.15) is 61.9 Å². The molecule has 2 unspecified atom stereocenters. The quantitative estimate of drug-likeness (QED) is 0.295. The maximum atomic E-state index is 14.5. The fraction of sp³-hybridized carbons (Fsp3) is 0.364. The largest absolute Gasteiger partial charge is 0.444 e. The molecule has 0 saturated heterocycles. The minimum Gasteiger partial charge on any atom is -0.444 e. The summed E-state index contributed by atoms with van der Waals surface area (Å²) < 4.78 is 5.51. The lowest BCUT2D eigenvalue weighted by Crippen LogP contribution is -2.54. The van der Waals surface area contributed by atoms with Crippen molar-refractivity contribution < 1.29 is 19.1 Å². The zero-order valence-electron chi connectivity index (χ0n) is 24.2. The topological polar surface area (TPSA) is 87.7 Å². The average Bonchev–Trinajstić information content (AvgIpc) is 3.74. The molecule has 3 amide bonds. The molecule has 1 aliphatic rings. The van der Waals surface area contributed by atoms with Crippen molar-refractivity contribution in [3.63, 3.8) is 0 Å². The predicted octanol–water partition coefficient (Wildman–Crippen LogP) is 6.76. The normalized spacial score (nSPS) is 14.5. The number of para-hydroxylation sites is 1. The number of rotatable bonds is 9. The molecule has 4 rings (SSSR count). The van der Waals surface area contributed by atoms with Crippen LogP contribution >= 0.6 is 11.6 Å². The van der Waals surface area contributed by atoms with Gasteiger partial charge in [0.2, 0.25) is 5.91 Å². The van der Waals surface area contributed by atoms with Crippen molar-refractivity contribution in [1.82, 2.24) is 10.2 Å². The lowest BCUT2D eigenvalue weighted by Gasteiger charge is -2.35. The number of benzene rings is 3. The van der Waals surface area contributed by atoms with E-state index in [1.54, 1.807) is 31.7 Å². The first-order valence-electron chi connectivity index (χ1n) is 13.9. The third kappa shape index (κ3) is 7.88. The summed E-state index contributed by atoms with van der Waals surface area (Å²) in [6.07, 6.45) is 1.08. The van der Waals surface area contributed by atoms with Gasteiger partial charge in [0.05, 0.1) is 10.7 Å². The molecule has 0 aliphatic heterocycles. The highest BCUT2D eigenvalue weighted by molar-refractivity contribution is 6.34. The number of alkyl carbamates (subject to hydrolysis) is 1. The van der Waals surface area contributed by atoms with Crippen LogP contribution in [-0.4, -0.2) is 40.5 Å². The van der Waals surface area contributed by atoms with Gasteiger partial charge in [-0.1, -0.05) is 78.3 Å². The molecular formula is C33H38ClN3O4. The van der Waals surface area contributed by atoms with Gasteiger partial charge >= 0.3 is 6.09 Å².